The molecule has 3 fully saturated rings. The van der Waals surface area contributed by atoms with Gasteiger partial charge in [0, 0.05) is 6.61 Å². The van der Waals surface area contributed by atoms with Crippen LogP contribution in [0.25, 0.3) is 0 Å². The quantitative estimate of drug-likeness (QED) is 0.211. The lowest BCUT2D eigenvalue weighted by Gasteiger charge is -2.46. The van der Waals surface area contributed by atoms with Crippen molar-refractivity contribution in [3.05, 3.63) is 35.5 Å². The van der Waals surface area contributed by atoms with Crippen molar-refractivity contribution in [1.82, 2.24) is 0 Å². The van der Waals surface area contributed by atoms with Gasteiger partial charge >= 0.3 is 0 Å². The highest BCUT2D eigenvalue weighted by Gasteiger charge is 2.50. The fraction of sp³-hybridized carbons (Fsp3) is 0.833. The average Bonchev–Trinajstić information content (AvgIpc) is 3.19. The molecule has 3 rings (SSSR count). The zero-order chi connectivity index (χ0) is 31.0. The van der Waals surface area contributed by atoms with E-state index >= 15 is 0 Å². The first-order chi connectivity index (χ1) is 18.7. The first kappa shape index (κ1) is 35.0. The van der Waals surface area contributed by atoms with E-state index < -0.39 is 16.6 Å². The fourth-order valence-electron chi connectivity index (χ4n) is 7.52. The SMILES string of the molecule is C=C1[C@H](O[Si](C)(C)C(C)(C)C)CC(=C/C=C2\CCC[C@]3(C)[C@@H]([C@H](C)CCCO)CC[C@@H]23)C[C@H]1O[Si](C)(C)C(C)(C)C. The van der Waals surface area contributed by atoms with Gasteiger partial charge in [0.2, 0.25) is 0 Å². The smallest absolute Gasteiger partial charge is 0.192 e. The maximum absolute atomic E-state index is 9.41. The molecule has 6 atom stereocenters. The summed E-state index contributed by atoms with van der Waals surface area (Å²) in [5.41, 5.74) is 4.71. The van der Waals surface area contributed by atoms with Gasteiger partial charge in [-0.05, 0) is 123 Å². The number of hydrogen-bond donors (Lipinski definition) is 1. The lowest BCUT2D eigenvalue weighted by molar-refractivity contribution is 0.0909. The molecule has 3 aliphatic carbocycles. The van der Waals surface area contributed by atoms with Crippen LogP contribution in [0.5, 0.6) is 0 Å². The van der Waals surface area contributed by atoms with Crippen LogP contribution in [-0.2, 0) is 8.85 Å². The van der Waals surface area contributed by atoms with E-state index in [2.05, 4.69) is 100 Å². The van der Waals surface area contributed by atoms with Crippen LogP contribution < -0.4 is 0 Å². The fourth-order valence-corrected chi connectivity index (χ4v) is 10.1. The molecule has 0 radical (unpaired) electrons. The van der Waals surface area contributed by atoms with Crippen molar-refractivity contribution >= 4 is 16.6 Å². The van der Waals surface area contributed by atoms with Crippen LogP contribution in [0, 0.1) is 23.2 Å². The topological polar surface area (TPSA) is 38.7 Å². The molecule has 0 aromatic rings. The Morgan fingerprint density at radius 1 is 0.951 bits per heavy atom. The minimum Gasteiger partial charge on any atom is -0.410 e. The third-order valence-electron chi connectivity index (χ3n) is 12.3. The molecule has 5 heteroatoms. The van der Waals surface area contributed by atoms with Crippen molar-refractivity contribution in [2.24, 2.45) is 23.2 Å². The Bertz CT molecular complexity index is 938. The van der Waals surface area contributed by atoms with Crippen molar-refractivity contribution < 1.29 is 14.0 Å². The molecule has 3 aliphatic rings. The lowest BCUT2D eigenvalue weighted by atomic mass is 9.60. The van der Waals surface area contributed by atoms with Crippen LogP contribution in [0.4, 0.5) is 0 Å². The van der Waals surface area contributed by atoms with Gasteiger partial charge in [0.25, 0.3) is 0 Å². The Morgan fingerprint density at radius 3 is 1.98 bits per heavy atom. The number of aliphatic hydroxyl groups excluding tert-OH is 1. The minimum atomic E-state index is -1.96. The Hall–Kier alpha value is -0.466. The van der Waals surface area contributed by atoms with Gasteiger partial charge in [0.1, 0.15) is 0 Å². The summed E-state index contributed by atoms with van der Waals surface area (Å²) in [5.74, 6) is 2.17. The summed E-state index contributed by atoms with van der Waals surface area (Å²) in [6.07, 6.45) is 15.6. The molecule has 0 aromatic carbocycles. The summed E-state index contributed by atoms with van der Waals surface area (Å²) >= 11 is 0. The molecule has 236 valence electrons. The third-order valence-corrected chi connectivity index (χ3v) is 21.3. The van der Waals surface area contributed by atoms with Crippen molar-refractivity contribution in [3.8, 4) is 0 Å². The summed E-state index contributed by atoms with van der Waals surface area (Å²) < 4.78 is 14.1. The highest BCUT2D eigenvalue weighted by molar-refractivity contribution is 6.74. The second-order valence-electron chi connectivity index (χ2n) is 17.2. The van der Waals surface area contributed by atoms with Crippen LogP contribution in [0.3, 0.4) is 0 Å². The zero-order valence-electron chi connectivity index (χ0n) is 29.1. The van der Waals surface area contributed by atoms with Crippen LogP contribution in [0.1, 0.15) is 113 Å². The number of allylic oxidation sites excluding steroid dienone is 3. The first-order valence-electron chi connectivity index (χ1n) is 16.8. The predicted molar refractivity (Wildman–Crippen MR) is 182 cm³/mol. The Morgan fingerprint density at radius 2 is 1.49 bits per heavy atom. The molecule has 0 aromatic heterocycles. The standard InChI is InChI=1S/C36H66O3Si2/c1-26(16-15-23-37)30-20-21-31-29(17-14-22-36(30,31)9)19-18-28-24-32(38-40(10,11)34(3,4)5)27(2)33(25-28)39-41(12,13)35(6,7)8/h18-19,26,30-33,37H,2,14-17,20-25H2,1,3-13H3/b29-19+/t26-,30-,31+,32-,33-,36-/m1/s1. The van der Waals surface area contributed by atoms with Gasteiger partial charge in [0.05, 0.1) is 12.2 Å². The number of rotatable bonds is 9. The van der Waals surface area contributed by atoms with Gasteiger partial charge in [-0.15, -0.1) is 0 Å². The van der Waals surface area contributed by atoms with Crippen molar-refractivity contribution in [1.29, 1.82) is 0 Å². The Balaban J connectivity index is 1.89. The maximum atomic E-state index is 9.41. The molecule has 0 bridgehead atoms. The molecule has 0 heterocycles. The van der Waals surface area contributed by atoms with Crippen molar-refractivity contribution in [3.63, 3.8) is 0 Å². The van der Waals surface area contributed by atoms with E-state index in [-0.39, 0.29) is 22.3 Å². The number of aliphatic hydroxyl groups is 1. The van der Waals surface area contributed by atoms with E-state index in [1.807, 2.05) is 0 Å². The number of fused-ring (bicyclic) bond motifs is 1. The molecule has 0 spiro atoms. The van der Waals surface area contributed by atoms with Crippen molar-refractivity contribution in [2.75, 3.05) is 6.61 Å². The first-order valence-corrected chi connectivity index (χ1v) is 22.6. The van der Waals surface area contributed by atoms with Crippen molar-refractivity contribution in [2.45, 2.75) is 162 Å². The molecular weight excluding hydrogens is 537 g/mol. The molecule has 3 saturated carbocycles. The summed E-state index contributed by atoms with van der Waals surface area (Å²) in [6.45, 7) is 33.4. The van der Waals surface area contributed by atoms with Gasteiger partial charge in [-0.1, -0.05) is 85.3 Å². The Labute approximate surface area is 256 Å². The van der Waals surface area contributed by atoms with Gasteiger partial charge in [-0.2, -0.15) is 0 Å². The van der Waals surface area contributed by atoms with E-state index in [1.54, 1.807) is 5.57 Å². The lowest BCUT2D eigenvalue weighted by Crippen LogP contribution is -2.49. The summed E-state index contributed by atoms with van der Waals surface area (Å²) in [5, 5.41) is 9.73. The van der Waals surface area contributed by atoms with E-state index in [4.69, 9.17) is 8.85 Å². The highest BCUT2D eigenvalue weighted by atomic mass is 28.4. The maximum Gasteiger partial charge on any atom is 0.192 e. The van der Waals surface area contributed by atoms with E-state index in [9.17, 15) is 5.11 Å². The highest BCUT2D eigenvalue weighted by Crippen LogP contribution is 2.60. The van der Waals surface area contributed by atoms with E-state index in [1.165, 1.54) is 37.7 Å². The predicted octanol–water partition coefficient (Wildman–Crippen LogP) is 10.6. The van der Waals surface area contributed by atoms with Crippen LogP contribution in [0.2, 0.25) is 36.3 Å². The molecule has 0 saturated heterocycles. The van der Waals surface area contributed by atoms with Gasteiger partial charge < -0.3 is 14.0 Å². The third kappa shape index (κ3) is 7.79. The molecule has 3 nitrogen and oxygen atoms in total. The van der Waals surface area contributed by atoms with Crippen LogP contribution in [-0.4, -0.2) is 40.6 Å². The molecular formula is C36H66O3Si2. The molecule has 0 amide bonds. The molecule has 1 N–H and O–H groups in total. The Kier molecular flexibility index (Phi) is 11.0. The van der Waals surface area contributed by atoms with Crippen LogP contribution in [0.15, 0.2) is 35.5 Å². The minimum absolute atomic E-state index is 0.0314. The van der Waals surface area contributed by atoms with Gasteiger partial charge in [0.15, 0.2) is 16.6 Å². The monoisotopic (exact) mass is 602 g/mol. The largest absolute Gasteiger partial charge is 0.410 e. The summed E-state index contributed by atoms with van der Waals surface area (Å²) in [6, 6.07) is 0. The number of hydrogen-bond acceptors (Lipinski definition) is 3. The summed E-state index contributed by atoms with van der Waals surface area (Å²) in [4.78, 5) is 0. The molecule has 0 aliphatic heterocycles. The van der Waals surface area contributed by atoms with Gasteiger partial charge in [-0.25, -0.2) is 0 Å². The molecule has 0 unspecified atom stereocenters. The zero-order valence-corrected chi connectivity index (χ0v) is 31.1. The second kappa shape index (κ2) is 12.9. The van der Waals surface area contributed by atoms with E-state index in [0.29, 0.717) is 23.9 Å². The van der Waals surface area contributed by atoms with Crippen LogP contribution >= 0.6 is 0 Å². The summed E-state index contributed by atoms with van der Waals surface area (Å²) in [7, 11) is -3.93. The second-order valence-corrected chi connectivity index (χ2v) is 26.7. The average molecular weight is 603 g/mol. The van der Waals surface area contributed by atoms with Gasteiger partial charge in [-0.3, -0.25) is 0 Å². The normalized spacial score (nSPS) is 31.9. The molecule has 41 heavy (non-hydrogen) atoms. The van der Waals surface area contributed by atoms with E-state index in [0.717, 1.165) is 37.2 Å².